The Morgan fingerprint density at radius 1 is 1.05 bits per heavy atom. The lowest BCUT2D eigenvalue weighted by molar-refractivity contribution is -0.130. The van der Waals surface area contributed by atoms with Crippen LogP contribution in [0.1, 0.15) is 22.8 Å². The van der Waals surface area contributed by atoms with Gasteiger partial charge in [-0.15, -0.1) is 0 Å². The Kier molecular flexibility index (Phi) is 4.05. The van der Waals surface area contributed by atoms with Crippen molar-refractivity contribution in [3.63, 3.8) is 0 Å². The highest BCUT2D eigenvalue weighted by molar-refractivity contribution is 6.11. The van der Waals surface area contributed by atoms with Crippen LogP contribution in [0.15, 0.2) is 60.7 Å². The van der Waals surface area contributed by atoms with Gasteiger partial charge in [-0.3, -0.25) is 9.59 Å². The van der Waals surface area contributed by atoms with Crippen LogP contribution < -0.4 is 0 Å². The quantitative estimate of drug-likeness (QED) is 0.641. The van der Waals surface area contributed by atoms with Gasteiger partial charge in [-0.05, 0) is 11.5 Å². The third-order valence-corrected chi connectivity index (χ3v) is 4.21. The van der Waals surface area contributed by atoms with E-state index in [2.05, 4.69) is 0 Å². The molecule has 0 aromatic heterocycles. The van der Waals surface area contributed by atoms with Gasteiger partial charge in [-0.1, -0.05) is 67.6 Å². The van der Waals surface area contributed by atoms with Crippen LogP contribution in [0.5, 0.6) is 0 Å². The monoisotopic (exact) mass is 293 g/mol. The van der Waals surface area contributed by atoms with Crippen LogP contribution in [-0.4, -0.2) is 23.1 Å². The van der Waals surface area contributed by atoms with Gasteiger partial charge < -0.3 is 4.90 Å². The Balaban J connectivity index is 1.77. The highest BCUT2D eigenvalue weighted by Gasteiger charge is 2.42. The average Bonchev–Trinajstić information content (AvgIpc) is 2.82. The van der Waals surface area contributed by atoms with Crippen LogP contribution in [0.25, 0.3) is 0 Å². The number of carbonyl (C=O) groups excluding carboxylic acids is 2. The molecule has 3 nitrogen and oxygen atoms in total. The van der Waals surface area contributed by atoms with Crippen molar-refractivity contribution in [2.45, 2.75) is 13.5 Å². The second kappa shape index (κ2) is 6.14. The molecule has 1 aliphatic rings. The zero-order valence-corrected chi connectivity index (χ0v) is 12.6. The minimum absolute atomic E-state index is 0.0453. The number of hydrogen-bond acceptors (Lipinski definition) is 2. The van der Waals surface area contributed by atoms with Crippen LogP contribution >= 0.6 is 0 Å². The van der Waals surface area contributed by atoms with Crippen LogP contribution in [0.2, 0.25) is 0 Å². The van der Waals surface area contributed by atoms with Gasteiger partial charge in [0.15, 0.2) is 5.78 Å². The topological polar surface area (TPSA) is 37.4 Å². The number of Topliss-reactive ketones (excluding diaryl/α,β-unsaturated/α-hetero) is 1. The second-order valence-corrected chi connectivity index (χ2v) is 5.89. The van der Waals surface area contributed by atoms with Crippen molar-refractivity contribution in [1.82, 2.24) is 4.90 Å². The largest absolute Gasteiger partial charge is 0.337 e. The minimum atomic E-state index is -0.550. The van der Waals surface area contributed by atoms with Gasteiger partial charge in [0.2, 0.25) is 5.91 Å². The van der Waals surface area contributed by atoms with Gasteiger partial charge >= 0.3 is 0 Å². The molecule has 1 aliphatic heterocycles. The number of benzene rings is 2. The molecule has 0 aliphatic carbocycles. The Bertz CT molecular complexity index is 666. The van der Waals surface area contributed by atoms with Crippen molar-refractivity contribution in [2.24, 2.45) is 11.8 Å². The minimum Gasteiger partial charge on any atom is -0.337 e. The summed E-state index contributed by atoms with van der Waals surface area (Å²) in [4.78, 5) is 27.1. The van der Waals surface area contributed by atoms with E-state index in [1.54, 1.807) is 17.0 Å². The lowest BCUT2D eigenvalue weighted by atomic mass is 9.89. The number of nitrogens with zero attached hydrogens (tertiary/aromatic N) is 1. The third kappa shape index (κ3) is 2.80. The van der Waals surface area contributed by atoms with Crippen molar-refractivity contribution >= 4 is 11.7 Å². The summed E-state index contributed by atoms with van der Waals surface area (Å²) < 4.78 is 0. The van der Waals surface area contributed by atoms with Crippen molar-refractivity contribution in [1.29, 1.82) is 0 Å². The van der Waals surface area contributed by atoms with Crippen molar-refractivity contribution in [3.05, 3.63) is 71.8 Å². The molecule has 3 rings (SSSR count). The van der Waals surface area contributed by atoms with E-state index in [1.807, 2.05) is 55.5 Å². The molecule has 112 valence electrons. The highest BCUT2D eigenvalue weighted by atomic mass is 16.2. The molecule has 3 heteroatoms. The van der Waals surface area contributed by atoms with E-state index < -0.39 is 5.92 Å². The lowest BCUT2D eigenvalue weighted by Crippen LogP contribution is -2.30. The number of rotatable bonds is 4. The van der Waals surface area contributed by atoms with Gasteiger partial charge in [-0.2, -0.15) is 0 Å². The zero-order valence-electron chi connectivity index (χ0n) is 12.6. The first-order valence-electron chi connectivity index (χ1n) is 7.59. The maximum Gasteiger partial charge on any atom is 0.234 e. The summed E-state index contributed by atoms with van der Waals surface area (Å²) in [6, 6.07) is 19.0. The molecule has 0 N–H and O–H groups in total. The van der Waals surface area contributed by atoms with E-state index in [4.69, 9.17) is 0 Å². The van der Waals surface area contributed by atoms with Crippen molar-refractivity contribution in [3.8, 4) is 0 Å². The summed E-state index contributed by atoms with van der Waals surface area (Å²) >= 11 is 0. The number of likely N-dealkylation sites (tertiary alicyclic amines) is 1. The molecule has 1 heterocycles. The Hall–Kier alpha value is -2.42. The number of carbonyl (C=O) groups is 2. The molecule has 0 unspecified atom stereocenters. The summed E-state index contributed by atoms with van der Waals surface area (Å²) in [7, 11) is 0. The first kappa shape index (κ1) is 14.5. The van der Waals surface area contributed by atoms with E-state index >= 15 is 0 Å². The Morgan fingerprint density at radius 3 is 2.27 bits per heavy atom. The SMILES string of the molecule is C[C@@H]1CN(Cc2ccccc2)C(=O)[C@H]1C(=O)c1ccccc1. The fourth-order valence-electron chi connectivity index (χ4n) is 3.08. The van der Waals surface area contributed by atoms with E-state index in [1.165, 1.54) is 0 Å². The summed E-state index contributed by atoms with van der Waals surface area (Å²) in [6.45, 7) is 3.19. The first-order valence-corrected chi connectivity index (χ1v) is 7.59. The molecule has 2 aromatic carbocycles. The van der Waals surface area contributed by atoms with Gasteiger partial charge in [0.25, 0.3) is 0 Å². The van der Waals surface area contributed by atoms with Gasteiger partial charge in [0.05, 0.1) is 0 Å². The summed E-state index contributed by atoms with van der Waals surface area (Å²) in [5.74, 6) is -0.617. The maximum atomic E-state index is 12.6. The molecule has 2 atom stereocenters. The summed E-state index contributed by atoms with van der Waals surface area (Å²) in [6.07, 6.45) is 0. The number of ketones is 1. The lowest BCUT2D eigenvalue weighted by Gasteiger charge is -2.16. The Labute approximate surface area is 130 Å². The Morgan fingerprint density at radius 2 is 1.64 bits per heavy atom. The molecule has 0 spiro atoms. The number of hydrogen-bond donors (Lipinski definition) is 0. The zero-order chi connectivity index (χ0) is 15.5. The molecule has 0 bridgehead atoms. The van der Waals surface area contributed by atoms with Crippen molar-refractivity contribution in [2.75, 3.05) is 6.54 Å². The van der Waals surface area contributed by atoms with Crippen LogP contribution in [-0.2, 0) is 11.3 Å². The maximum absolute atomic E-state index is 12.6. The van der Waals surface area contributed by atoms with E-state index in [0.717, 1.165) is 5.56 Å². The average molecular weight is 293 g/mol. The second-order valence-electron chi connectivity index (χ2n) is 5.89. The van der Waals surface area contributed by atoms with Crippen LogP contribution in [0.3, 0.4) is 0 Å². The molecule has 1 amide bonds. The third-order valence-electron chi connectivity index (χ3n) is 4.21. The number of amides is 1. The van der Waals surface area contributed by atoms with Crippen molar-refractivity contribution < 1.29 is 9.59 Å². The molecule has 0 radical (unpaired) electrons. The first-order chi connectivity index (χ1) is 10.7. The van der Waals surface area contributed by atoms with E-state index in [-0.39, 0.29) is 17.6 Å². The molecule has 2 aromatic rings. The summed E-state index contributed by atoms with van der Waals surface area (Å²) in [5, 5.41) is 0. The smallest absolute Gasteiger partial charge is 0.234 e. The van der Waals surface area contributed by atoms with Crippen LogP contribution in [0.4, 0.5) is 0 Å². The molecule has 22 heavy (non-hydrogen) atoms. The van der Waals surface area contributed by atoms with Gasteiger partial charge in [-0.25, -0.2) is 0 Å². The van der Waals surface area contributed by atoms with E-state index in [0.29, 0.717) is 18.7 Å². The standard InChI is InChI=1S/C19H19NO2/c1-14-12-20(13-15-8-4-2-5-9-15)19(22)17(14)18(21)16-10-6-3-7-11-16/h2-11,14,17H,12-13H2,1H3/t14-,17-/m1/s1. The molecule has 1 fully saturated rings. The fourth-order valence-corrected chi connectivity index (χ4v) is 3.08. The molecule has 0 saturated carbocycles. The fraction of sp³-hybridized carbons (Fsp3) is 0.263. The predicted octanol–water partition coefficient (Wildman–Crippen LogP) is 3.16. The summed E-state index contributed by atoms with van der Waals surface area (Å²) in [5.41, 5.74) is 1.71. The predicted molar refractivity (Wildman–Crippen MR) is 85.3 cm³/mol. The normalized spacial score (nSPS) is 21.1. The molecule has 1 saturated heterocycles. The molecular weight excluding hydrogens is 274 g/mol. The van der Waals surface area contributed by atoms with E-state index in [9.17, 15) is 9.59 Å². The van der Waals surface area contributed by atoms with Crippen LogP contribution in [0, 0.1) is 11.8 Å². The highest BCUT2D eigenvalue weighted by Crippen LogP contribution is 2.29. The molecular formula is C19H19NO2. The van der Waals surface area contributed by atoms with Gasteiger partial charge in [0, 0.05) is 18.7 Å². The van der Waals surface area contributed by atoms with Gasteiger partial charge in [0.1, 0.15) is 5.92 Å².